The number of thiol groups is 1. The molecule has 0 heterocycles. The number of halogens is 2. The summed E-state index contributed by atoms with van der Waals surface area (Å²) in [6.07, 6.45) is 0. The van der Waals surface area contributed by atoms with Gasteiger partial charge in [0, 0.05) is 49.3 Å². The van der Waals surface area contributed by atoms with Gasteiger partial charge < -0.3 is 4.74 Å². The molecule has 6 rings (SSSR count). The fraction of sp³-hybridized carbons (Fsp3) is 0.220. The molecule has 0 radical (unpaired) electrons. The highest BCUT2D eigenvalue weighted by molar-refractivity contribution is 7.81. The molecule has 0 unspecified atom stereocenters. The molecule has 0 aliphatic rings. The van der Waals surface area contributed by atoms with Gasteiger partial charge in [-0.1, -0.05) is 101 Å². The summed E-state index contributed by atoms with van der Waals surface area (Å²) in [5.74, 6) is -0.731. The molecule has 0 amide bonds. The second-order valence-corrected chi connectivity index (χ2v) is 17.3. The lowest BCUT2D eigenvalue weighted by Gasteiger charge is -2.25. The molecular formula is C50H46F2O4S. The molecule has 0 bridgehead atoms. The molecule has 6 aromatic carbocycles. The van der Waals surface area contributed by atoms with Crippen molar-refractivity contribution < 1.29 is 13.5 Å². The topological polar surface area (TPSA) is 60.4 Å². The van der Waals surface area contributed by atoms with Crippen LogP contribution in [0.5, 0.6) is 5.75 Å². The molecule has 0 fully saturated rings. The van der Waals surface area contributed by atoms with Gasteiger partial charge in [-0.25, -0.2) is 8.78 Å². The zero-order valence-corrected chi connectivity index (χ0v) is 34.4. The van der Waals surface area contributed by atoms with Crippen LogP contribution < -0.4 is 21.0 Å². The number of hydrogen-bond donors (Lipinski definition) is 1. The normalized spacial score (nSPS) is 11.8. The van der Waals surface area contributed by atoms with Crippen LogP contribution in [0.4, 0.5) is 8.78 Å². The Morgan fingerprint density at radius 2 is 1.11 bits per heavy atom. The van der Waals surface area contributed by atoms with E-state index in [0.717, 1.165) is 5.56 Å². The average molecular weight is 781 g/mol. The van der Waals surface area contributed by atoms with Crippen LogP contribution in [0.1, 0.15) is 71.1 Å². The van der Waals surface area contributed by atoms with Crippen molar-refractivity contribution in [3.05, 3.63) is 180 Å². The average Bonchev–Trinajstić information content (AvgIpc) is 3.58. The molecule has 0 aliphatic carbocycles. The van der Waals surface area contributed by atoms with Crippen LogP contribution in [0.3, 0.4) is 0 Å². The van der Waals surface area contributed by atoms with Crippen LogP contribution in [-0.4, -0.2) is 7.11 Å². The Morgan fingerprint density at radius 1 is 0.544 bits per heavy atom. The third-order valence-electron chi connectivity index (χ3n) is 10.2. The SMILES string of the molecule is COc1c(-c2cc(-c3cc(-c4cccccc4=O)c(F)c(C(C)C)c3)cccc2=O)cc(-c2ccc(F)c(-c3ccccc(C(C)(C)S)c3=O)c2)cc1C(C)(C)C. The lowest BCUT2D eigenvalue weighted by molar-refractivity contribution is 0.399. The van der Waals surface area contributed by atoms with Gasteiger partial charge in [0.2, 0.25) is 0 Å². The van der Waals surface area contributed by atoms with E-state index in [1.807, 2.05) is 60.6 Å². The van der Waals surface area contributed by atoms with E-state index in [1.54, 1.807) is 98.1 Å². The molecule has 7 heteroatoms. The largest absolute Gasteiger partial charge is 0.496 e. The van der Waals surface area contributed by atoms with Gasteiger partial charge in [0.1, 0.15) is 17.4 Å². The highest BCUT2D eigenvalue weighted by atomic mass is 32.1. The first kappa shape index (κ1) is 41.0. The summed E-state index contributed by atoms with van der Waals surface area (Å²) in [5, 5.41) is 0. The van der Waals surface area contributed by atoms with E-state index in [2.05, 4.69) is 12.6 Å². The Hall–Kier alpha value is -5.66. The first-order valence-electron chi connectivity index (χ1n) is 18.9. The number of hydrogen-bond acceptors (Lipinski definition) is 5. The third-order valence-corrected chi connectivity index (χ3v) is 10.4. The fourth-order valence-corrected chi connectivity index (χ4v) is 7.33. The van der Waals surface area contributed by atoms with Crippen LogP contribution in [0.25, 0.3) is 55.6 Å². The van der Waals surface area contributed by atoms with Crippen molar-refractivity contribution in [3.8, 4) is 61.4 Å². The highest BCUT2D eigenvalue weighted by Crippen LogP contribution is 2.43. The van der Waals surface area contributed by atoms with Crippen molar-refractivity contribution in [2.45, 2.75) is 64.5 Å². The summed E-state index contributed by atoms with van der Waals surface area (Å²) in [6, 6.07) is 33.5. The summed E-state index contributed by atoms with van der Waals surface area (Å²) >= 11 is 4.64. The molecule has 57 heavy (non-hydrogen) atoms. The number of benzene rings is 3. The second kappa shape index (κ2) is 16.1. The number of rotatable bonds is 8. The van der Waals surface area contributed by atoms with Crippen LogP contribution in [0.15, 0.2) is 136 Å². The first-order chi connectivity index (χ1) is 26.9. The monoisotopic (exact) mass is 780 g/mol. The van der Waals surface area contributed by atoms with E-state index in [4.69, 9.17) is 4.74 Å². The minimum atomic E-state index is -0.767. The van der Waals surface area contributed by atoms with Crippen molar-refractivity contribution in [1.29, 1.82) is 0 Å². The van der Waals surface area contributed by atoms with Crippen LogP contribution in [0, 0.1) is 11.6 Å². The standard InChI is InChI=1S/C50H46F2O4S/c1-29(2)36-25-32(26-39(46(36)52)34-16-10-9-11-19-44(34)53)30-15-14-20-45(54)38(24-30)40-27-33(28-42(48(40)56-8)49(3,4)5)31-21-22-43(51)37(23-31)35-17-12-13-18-41(47(35)55)50(6,7)57/h9-29,57H,1-8H3. The quantitative estimate of drug-likeness (QED) is 0.156. The predicted molar refractivity (Wildman–Crippen MR) is 234 cm³/mol. The molecule has 0 aliphatic heterocycles. The maximum absolute atomic E-state index is 16.2. The van der Waals surface area contributed by atoms with Gasteiger partial charge in [0.05, 0.1) is 7.11 Å². The smallest absolute Gasteiger partial charge is 0.191 e. The highest BCUT2D eigenvalue weighted by Gasteiger charge is 2.26. The molecule has 0 atom stereocenters. The lowest BCUT2D eigenvalue weighted by Crippen LogP contribution is -2.20. The minimum absolute atomic E-state index is 0.140. The van der Waals surface area contributed by atoms with Crippen molar-refractivity contribution in [3.63, 3.8) is 0 Å². The Morgan fingerprint density at radius 3 is 1.79 bits per heavy atom. The number of methoxy groups -OCH3 is 1. The Kier molecular flexibility index (Phi) is 11.6. The van der Waals surface area contributed by atoms with Gasteiger partial charge in [-0.15, -0.1) is 0 Å². The molecule has 0 aromatic heterocycles. The zero-order valence-electron chi connectivity index (χ0n) is 33.5. The third kappa shape index (κ3) is 8.40. The molecular weight excluding hydrogens is 735 g/mol. The maximum Gasteiger partial charge on any atom is 0.191 e. The van der Waals surface area contributed by atoms with Gasteiger partial charge in [-0.2, -0.15) is 12.6 Å². The molecule has 290 valence electrons. The summed E-state index contributed by atoms with van der Waals surface area (Å²) < 4.78 is 37.3. The summed E-state index contributed by atoms with van der Waals surface area (Å²) in [7, 11) is 1.56. The van der Waals surface area contributed by atoms with E-state index in [-0.39, 0.29) is 44.5 Å². The van der Waals surface area contributed by atoms with Crippen molar-refractivity contribution in [2.75, 3.05) is 7.11 Å². The van der Waals surface area contributed by atoms with Crippen LogP contribution >= 0.6 is 12.6 Å². The molecule has 0 spiro atoms. The zero-order chi connectivity index (χ0) is 41.4. The number of ether oxygens (including phenoxy) is 1. The lowest BCUT2D eigenvalue weighted by atomic mass is 9.82. The molecule has 0 N–H and O–H groups in total. The summed E-state index contributed by atoms with van der Waals surface area (Å²) in [4.78, 5) is 41.1. The van der Waals surface area contributed by atoms with Crippen LogP contribution in [0.2, 0.25) is 0 Å². The molecule has 4 nitrogen and oxygen atoms in total. The van der Waals surface area contributed by atoms with Gasteiger partial charge >= 0.3 is 0 Å². The Bertz CT molecular complexity index is 2710. The van der Waals surface area contributed by atoms with Gasteiger partial charge in [-0.05, 0) is 108 Å². The first-order valence-corrected chi connectivity index (χ1v) is 19.3. The summed E-state index contributed by atoms with van der Waals surface area (Å²) in [5.41, 5.74) is 4.42. The van der Waals surface area contributed by atoms with E-state index < -0.39 is 21.8 Å². The van der Waals surface area contributed by atoms with E-state index >= 15 is 8.78 Å². The van der Waals surface area contributed by atoms with Crippen molar-refractivity contribution in [2.24, 2.45) is 0 Å². The second-order valence-electron chi connectivity index (χ2n) is 16.2. The van der Waals surface area contributed by atoms with Crippen LogP contribution in [-0.2, 0) is 10.2 Å². The van der Waals surface area contributed by atoms with E-state index in [9.17, 15) is 14.4 Å². The summed E-state index contributed by atoms with van der Waals surface area (Å²) in [6.45, 7) is 13.5. The van der Waals surface area contributed by atoms with Crippen molar-refractivity contribution in [1.82, 2.24) is 0 Å². The van der Waals surface area contributed by atoms with Crippen molar-refractivity contribution >= 4 is 12.6 Å². The molecule has 0 saturated carbocycles. The predicted octanol–water partition coefficient (Wildman–Crippen LogP) is 12.0. The van der Waals surface area contributed by atoms with Gasteiger partial charge in [0.15, 0.2) is 16.3 Å². The molecule has 0 saturated heterocycles. The van der Waals surface area contributed by atoms with E-state index in [1.165, 1.54) is 18.2 Å². The van der Waals surface area contributed by atoms with E-state index in [0.29, 0.717) is 50.3 Å². The Labute approximate surface area is 338 Å². The molecule has 6 aromatic rings. The Balaban J connectivity index is 1.63. The fourth-order valence-electron chi connectivity index (χ4n) is 7.15. The minimum Gasteiger partial charge on any atom is -0.496 e. The van der Waals surface area contributed by atoms with Gasteiger partial charge in [0.25, 0.3) is 0 Å². The van der Waals surface area contributed by atoms with Gasteiger partial charge in [-0.3, -0.25) is 14.4 Å². The maximum atomic E-state index is 16.2.